The van der Waals surface area contributed by atoms with Gasteiger partial charge in [-0.25, -0.2) is 0 Å². The van der Waals surface area contributed by atoms with E-state index in [9.17, 15) is 4.79 Å². The highest BCUT2D eigenvalue weighted by molar-refractivity contribution is 5.96. The average Bonchev–Trinajstić information content (AvgIpc) is 3.10. The van der Waals surface area contributed by atoms with Crippen LogP contribution in [0, 0.1) is 0 Å². The number of rotatable bonds is 5. The number of hydrogen-bond acceptors (Lipinski definition) is 4. The molecule has 0 saturated heterocycles. The molecule has 1 aliphatic rings. The fraction of sp³-hybridized carbons (Fsp3) is 0.0741. The molecule has 0 saturated carbocycles. The lowest BCUT2D eigenvalue weighted by molar-refractivity contribution is -0.136. The van der Waals surface area contributed by atoms with E-state index in [2.05, 4.69) is 29.2 Å². The van der Waals surface area contributed by atoms with Crippen molar-refractivity contribution in [2.24, 2.45) is 0 Å². The van der Waals surface area contributed by atoms with Crippen LogP contribution in [0.5, 0.6) is 5.75 Å². The van der Waals surface area contributed by atoms with E-state index < -0.39 is 5.41 Å². The summed E-state index contributed by atoms with van der Waals surface area (Å²) in [7, 11) is 0. The molecule has 0 radical (unpaired) electrons. The number of nitrogens with two attached hydrogens (primary N) is 1. The molecule has 0 bridgehead atoms. The second-order valence-corrected chi connectivity index (χ2v) is 7.67. The zero-order valence-electron chi connectivity index (χ0n) is 16.9. The summed E-state index contributed by atoms with van der Waals surface area (Å²) < 4.78 is 5.79. The topological polar surface area (TPSA) is 55.6 Å². The van der Waals surface area contributed by atoms with E-state index in [4.69, 9.17) is 10.5 Å². The molecule has 1 unspecified atom stereocenters. The van der Waals surface area contributed by atoms with Gasteiger partial charge in [0.25, 0.3) is 0 Å². The van der Waals surface area contributed by atoms with Gasteiger partial charge in [-0.05, 0) is 35.9 Å². The van der Waals surface area contributed by atoms with Crippen LogP contribution in [0.25, 0.3) is 0 Å². The highest BCUT2D eigenvalue weighted by Crippen LogP contribution is 2.47. The molecule has 1 aliphatic heterocycles. The van der Waals surface area contributed by atoms with Gasteiger partial charge in [-0.2, -0.15) is 0 Å². The Balaban J connectivity index is 1.72. The van der Waals surface area contributed by atoms with Gasteiger partial charge in [0, 0.05) is 35.2 Å². The number of anilines is 3. The molecule has 0 spiro atoms. The summed E-state index contributed by atoms with van der Waals surface area (Å²) in [6, 6.07) is 35.5. The first kappa shape index (κ1) is 18.9. The van der Waals surface area contributed by atoms with Crippen molar-refractivity contribution >= 4 is 23.0 Å². The van der Waals surface area contributed by atoms with Crippen LogP contribution < -0.4 is 15.4 Å². The number of nitrogen functional groups attached to an aromatic ring is 1. The molecule has 0 fully saturated rings. The van der Waals surface area contributed by atoms with Gasteiger partial charge in [-0.15, -0.1) is 0 Å². The van der Waals surface area contributed by atoms with E-state index in [1.165, 1.54) is 0 Å². The molecule has 0 amide bonds. The number of ether oxygens (including phenoxy) is 1. The molecule has 1 heterocycles. The largest absolute Gasteiger partial charge is 0.425 e. The summed E-state index contributed by atoms with van der Waals surface area (Å²) in [6.07, 6.45) is 0. The molecule has 31 heavy (non-hydrogen) atoms. The van der Waals surface area contributed by atoms with Crippen LogP contribution >= 0.6 is 0 Å². The number of fused-ring (bicyclic) bond motifs is 1. The Hall–Kier alpha value is -4.05. The van der Waals surface area contributed by atoms with Crippen LogP contribution in [0.4, 0.5) is 17.1 Å². The minimum absolute atomic E-state index is 0.295. The standard InChI is InChI=1S/C27H22N2O2/c28-21-16-17-24-25(18-21)31-26(30)27(24,20-10-4-1-5-11-20)19-29(22-12-6-2-7-13-22)23-14-8-3-9-15-23/h1-18H,19,28H2. The van der Waals surface area contributed by atoms with Crippen LogP contribution in [0.3, 0.4) is 0 Å². The number of nitrogens with zero attached hydrogens (tertiary/aromatic N) is 1. The van der Waals surface area contributed by atoms with Crippen molar-refractivity contribution in [1.82, 2.24) is 0 Å². The Labute approximate surface area is 181 Å². The van der Waals surface area contributed by atoms with Crippen molar-refractivity contribution in [2.45, 2.75) is 5.41 Å². The number of hydrogen-bond donors (Lipinski definition) is 1. The van der Waals surface area contributed by atoms with E-state index in [-0.39, 0.29) is 5.97 Å². The minimum Gasteiger partial charge on any atom is -0.425 e. The van der Waals surface area contributed by atoms with Gasteiger partial charge in [0.05, 0.1) is 0 Å². The van der Waals surface area contributed by atoms with Crippen LogP contribution in [0.15, 0.2) is 109 Å². The van der Waals surface area contributed by atoms with Crippen molar-refractivity contribution in [3.63, 3.8) is 0 Å². The molecule has 152 valence electrons. The molecule has 4 nitrogen and oxygen atoms in total. The second-order valence-electron chi connectivity index (χ2n) is 7.67. The normalized spacial score (nSPS) is 17.1. The first-order chi connectivity index (χ1) is 15.2. The van der Waals surface area contributed by atoms with Crippen molar-refractivity contribution in [1.29, 1.82) is 0 Å². The first-order valence-electron chi connectivity index (χ1n) is 10.2. The molecule has 1 atom stereocenters. The third-order valence-electron chi connectivity index (χ3n) is 5.81. The van der Waals surface area contributed by atoms with Gasteiger partial charge in [0.2, 0.25) is 0 Å². The van der Waals surface area contributed by atoms with Crippen LogP contribution in [0.2, 0.25) is 0 Å². The molecule has 5 rings (SSSR count). The average molecular weight is 406 g/mol. The minimum atomic E-state index is -0.990. The van der Waals surface area contributed by atoms with E-state index in [1.54, 1.807) is 6.07 Å². The van der Waals surface area contributed by atoms with Crippen molar-refractivity contribution in [3.05, 3.63) is 120 Å². The van der Waals surface area contributed by atoms with Gasteiger partial charge in [-0.3, -0.25) is 4.79 Å². The Morgan fingerprint density at radius 2 is 1.29 bits per heavy atom. The van der Waals surface area contributed by atoms with Gasteiger partial charge in [0.15, 0.2) is 0 Å². The Morgan fingerprint density at radius 1 is 0.742 bits per heavy atom. The Morgan fingerprint density at radius 3 is 1.87 bits per heavy atom. The van der Waals surface area contributed by atoms with Crippen molar-refractivity contribution in [3.8, 4) is 5.75 Å². The van der Waals surface area contributed by atoms with E-state index >= 15 is 0 Å². The summed E-state index contributed by atoms with van der Waals surface area (Å²) in [6.45, 7) is 0.390. The van der Waals surface area contributed by atoms with Gasteiger partial charge in [0.1, 0.15) is 11.2 Å². The molecule has 0 aliphatic carbocycles. The lowest BCUT2D eigenvalue weighted by Crippen LogP contribution is -2.45. The van der Waals surface area contributed by atoms with Gasteiger partial charge >= 0.3 is 5.97 Å². The number of carbonyl (C=O) groups is 1. The molecule has 2 N–H and O–H groups in total. The van der Waals surface area contributed by atoms with E-state index in [0.717, 1.165) is 22.5 Å². The number of para-hydroxylation sites is 2. The monoisotopic (exact) mass is 406 g/mol. The molecule has 4 aromatic rings. The highest BCUT2D eigenvalue weighted by Gasteiger charge is 2.52. The van der Waals surface area contributed by atoms with Gasteiger partial charge < -0.3 is 15.4 Å². The third-order valence-corrected chi connectivity index (χ3v) is 5.81. The van der Waals surface area contributed by atoms with E-state index in [1.807, 2.05) is 78.9 Å². The smallest absolute Gasteiger partial charge is 0.328 e. The van der Waals surface area contributed by atoms with Crippen LogP contribution in [-0.4, -0.2) is 12.5 Å². The fourth-order valence-corrected chi connectivity index (χ4v) is 4.29. The van der Waals surface area contributed by atoms with Crippen LogP contribution in [-0.2, 0) is 10.2 Å². The Bertz CT molecular complexity index is 1170. The maximum atomic E-state index is 13.6. The zero-order chi connectivity index (χ0) is 21.3. The summed E-state index contributed by atoms with van der Waals surface area (Å²) in [4.78, 5) is 15.7. The zero-order valence-corrected chi connectivity index (χ0v) is 16.9. The summed E-state index contributed by atoms with van der Waals surface area (Å²) in [5.74, 6) is 0.228. The number of carbonyl (C=O) groups excluding carboxylic acids is 1. The lowest BCUT2D eigenvalue weighted by Gasteiger charge is -2.35. The summed E-state index contributed by atoms with van der Waals surface area (Å²) in [5.41, 5.74) is 9.28. The summed E-state index contributed by atoms with van der Waals surface area (Å²) in [5, 5.41) is 0. The molecular formula is C27H22N2O2. The van der Waals surface area contributed by atoms with Crippen molar-refractivity contribution < 1.29 is 9.53 Å². The molecule has 4 aromatic carbocycles. The molecule has 0 aromatic heterocycles. The Kier molecular flexibility index (Phi) is 4.68. The third kappa shape index (κ3) is 3.22. The number of benzene rings is 4. The maximum absolute atomic E-state index is 13.6. The summed E-state index contributed by atoms with van der Waals surface area (Å²) >= 11 is 0. The second kappa shape index (κ2) is 7.65. The predicted octanol–water partition coefficient (Wildman–Crippen LogP) is 5.31. The first-order valence-corrected chi connectivity index (χ1v) is 10.2. The quantitative estimate of drug-likeness (QED) is 0.277. The van der Waals surface area contributed by atoms with Crippen LogP contribution in [0.1, 0.15) is 11.1 Å². The maximum Gasteiger partial charge on any atom is 0.328 e. The van der Waals surface area contributed by atoms with Gasteiger partial charge in [-0.1, -0.05) is 72.8 Å². The SMILES string of the molecule is Nc1ccc2c(c1)OC(=O)C2(CN(c1ccccc1)c1ccccc1)c1ccccc1. The lowest BCUT2D eigenvalue weighted by atomic mass is 9.74. The molecule has 4 heteroatoms. The number of esters is 1. The van der Waals surface area contributed by atoms with Crippen molar-refractivity contribution in [2.75, 3.05) is 17.2 Å². The fourth-order valence-electron chi connectivity index (χ4n) is 4.29. The predicted molar refractivity (Wildman–Crippen MR) is 124 cm³/mol. The highest BCUT2D eigenvalue weighted by atomic mass is 16.5. The molecular weight excluding hydrogens is 384 g/mol. The van der Waals surface area contributed by atoms with E-state index in [0.29, 0.717) is 18.0 Å².